The van der Waals surface area contributed by atoms with Gasteiger partial charge in [0.25, 0.3) is 0 Å². The van der Waals surface area contributed by atoms with E-state index in [1.54, 1.807) is 0 Å². The average molecular weight is 215 g/mol. The fraction of sp³-hybridized carbons (Fsp3) is 0.500. The molecule has 2 aliphatic rings. The SMILES string of the molecule is ON=C1C2CCCC1Cc1ccccc1C2. The predicted octanol–water partition coefficient (Wildman–Crippen LogP) is 3.03. The van der Waals surface area contributed by atoms with E-state index >= 15 is 0 Å². The summed E-state index contributed by atoms with van der Waals surface area (Å²) in [5.74, 6) is 0.958. The summed E-state index contributed by atoms with van der Waals surface area (Å²) in [7, 11) is 0. The molecule has 2 unspecified atom stereocenters. The van der Waals surface area contributed by atoms with Crippen molar-refractivity contribution < 1.29 is 5.21 Å². The Morgan fingerprint density at radius 1 is 1.00 bits per heavy atom. The number of fused-ring (bicyclic) bond motifs is 3. The third-order valence-electron chi connectivity index (χ3n) is 4.11. The molecule has 0 saturated heterocycles. The highest BCUT2D eigenvalue weighted by molar-refractivity contribution is 5.90. The minimum Gasteiger partial charge on any atom is -0.411 e. The second-order valence-corrected chi connectivity index (χ2v) is 5.03. The van der Waals surface area contributed by atoms with E-state index in [2.05, 4.69) is 29.4 Å². The minimum absolute atomic E-state index is 0.479. The highest BCUT2D eigenvalue weighted by Crippen LogP contribution is 2.35. The number of rotatable bonds is 0. The zero-order chi connectivity index (χ0) is 11.0. The first kappa shape index (κ1) is 9.88. The molecule has 1 N–H and O–H groups in total. The average Bonchev–Trinajstić information content (AvgIpc) is 2.39. The molecule has 3 rings (SSSR count). The number of benzene rings is 1. The van der Waals surface area contributed by atoms with Crippen molar-refractivity contribution in [2.45, 2.75) is 32.1 Å². The molecule has 1 saturated carbocycles. The summed E-state index contributed by atoms with van der Waals surface area (Å²) in [5, 5.41) is 12.8. The van der Waals surface area contributed by atoms with Crippen LogP contribution in [0.2, 0.25) is 0 Å². The molecule has 1 aromatic rings. The van der Waals surface area contributed by atoms with Gasteiger partial charge in [-0.25, -0.2) is 0 Å². The summed E-state index contributed by atoms with van der Waals surface area (Å²) >= 11 is 0. The van der Waals surface area contributed by atoms with E-state index in [1.807, 2.05) is 0 Å². The molecular weight excluding hydrogens is 198 g/mol. The van der Waals surface area contributed by atoms with E-state index in [-0.39, 0.29) is 0 Å². The third kappa shape index (κ3) is 1.53. The van der Waals surface area contributed by atoms with E-state index in [0.29, 0.717) is 11.8 Å². The van der Waals surface area contributed by atoms with Gasteiger partial charge in [-0.2, -0.15) is 0 Å². The van der Waals surface area contributed by atoms with Crippen molar-refractivity contribution in [2.24, 2.45) is 17.0 Å². The Kier molecular flexibility index (Phi) is 2.43. The van der Waals surface area contributed by atoms with Gasteiger partial charge in [0.2, 0.25) is 0 Å². The van der Waals surface area contributed by atoms with Gasteiger partial charge in [-0.05, 0) is 36.8 Å². The molecular formula is C14H17NO. The summed E-state index contributed by atoms with van der Waals surface area (Å²) < 4.78 is 0. The zero-order valence-electron chi connectivity index (χ0n) is 9.39. The first-order chi connectivity index (χ1) is 7.88. The lowest BCUT2D eigenvalue weighted by molar-refractivity contribution is 0.301. The molecule has 1 fully saturated rings. The van der Waals surface area contributed by atoms with E-state index in [1.165, 1.54) is 30.4 Å². The maximum absolute atomic E-state index is 9.19. The van der Waals surface area contributed by atoms with Crippen molar-refractivity contribution in [2.75, 3.05) is 0 Å². The molecule has 84 valence electrons. The predicted molar refractivity (Wildman–Crippen MR) is 63.9 cm³/mol. The zero-order valence-corrected chi connectivity index (χ0v) is 9.39. The number of hydrogen-bond donors (Lipinski definition) is 1. The summed E-state index contributed by atoms with van der Waals surface area (Å²) in [4.78, 5) is 0. The summed E-state index contributed by atoms with van der Waals surface area (Å²) in [5.41, 5.74) is 3.97. The van der Waals surface area contributed by atoms with Crippen LogP contribution in [0.15, 0.2) is 29.4 Å². The number of hydrogen-bond acceptors (Lipinski definition) is 2. The summed E-state index contributed by atoms with van der Waals surface area (Å²) in [6, 6.07) is 8.68. The fourth-order valence-electron chi connectivity index (χ4n) is 3.30. The Bertz CT molecular complexity index is 389. The van der Waals surface area contributed by atoms with Crippen molar-refractivity contribution >= 4 is 5.71 Å². The molecule has 16 heavy (non-hydrogen) atoms. The molecule has 1 aromatic carbocycles. The van der Waals surface area contributed by atoms with Crippen LogP contribution in [0.1, 0.15) is 30.4 Å². The molecule has 2 bridgehead atoms. The van der Waals surface area contributed by atoms with Crippen molar-refractivity contribution in [3.63, 3.8) is 0 Å². The Morgan fingerprint density at radius 3 is 2.06 bits per heavy atom. The maximum Gasteiger partial charge on any atom is 0.0639 e. The quantitative estimate of drug-likeness (QED) is 0.523. The molecule has 0 heterocycles. The minimum atomic E-state index is 0.479. The Balaban J connectivity index is 2.04. The van der Waals surface area contributed by atoms with E-state index in [9.17, 15) is 5.21 Å². The van der Waals surface area contributed by atoms with Crippen molar-refractivity contribution in [1.82, 2.24) is 0 Å². The van der Waals surface area contributed by atoms with Crippen LogP contribution in [0.4, 0.5) is 0 Å². The molecule has 2 nitrogen and oxygen atoms in total. The summed E-state index contributed by atoms with van der Waals surface area (Å²) in [6.07, 6.45) is 5.77. The van der Waals surface area contributed by atoms with Gasteiger partial charge in [-0.3, -0.25) is 0 Å². The van der Waals surface area contributed by atoms with Crippen LogP contribution in [0.3, 0.4) is 0 Å². The smallest absolute Gasteiger partial charge is 0.0639 e. The van der Waals surface area contributed by atoms with Crippen LogP contribution in [0, 0.1) is 11.8 Å². The first-order valence-corrected chi connectivity index (χ1v) is 6.17. The van der Waals surface area contributed by atoms with E-state index < -0.39 is 0 Å². The van der Waals surface area contributed by atoms with Gasteiger partial charge in [0.05, 0.1) is 5.71 Å². The van der Waals surface area contributed by atoms with Crippen molar-refractivity contribution in [1.29, 1.82) is 0 Å². The molecule has 0 aromatic heterocycles. The van der Waals surface area contributed by atoms with Crippen LogP contribution >= 0.6 is 0 Å². The highest BCUT2D eigenvalue weighted by atomic mass is 16.4. The molecule has 2 aliphatic carbocycles. The normalized spacial score (nSPS) is 28.1. The number of oxime groups is 1. The molecule has 2 atom stereocenters. The van der Waals surface area contributed by atoms with Crippen LogP contribution in [0.5, 0.6) is 0 Å². The van der Waals surface area contributed by atoms with Crippen molar-refractivity contribution in [3.8, 4) is 0 Å². The largest absolute Gasteiger partial charge is 0.411 e. The van der Waals surface area contributed by atoms with E-state index in [4.69, 9.17) is 0 Å². The second-order valence-electron chi connectivity index (χ2n) is 5.03. The van der Waals surface area contributed by atoms with Gasteiger partial charge in [-0.15, -0.1) is 0 Å². The Morgan fingerprint density at radius 2 is 1.56 bits per heavy atom. The standard InChI is InChI=1S/C14H17NO/c16-15-14-12-6-3-7-13(14)9-11-5-2-1-4-10(11)8-12/h1-2,4-5,12-13,16H,3,6-9H2. The van der Waals surface area contributed by atoms with Gasteiger partial charge in [0.15, 0.2) is 0 Å². The van der Waals surface area contributed by atoms with Gasteiger partial charge in [-0.1, -0.05) is 35.8 Å². The van der Waals surface area contributed by atoms with Crippen molar-refractivity contribution in [3.05, 3.63) is 35.4 Å². The summed E-state index contributed by atoms with van der Waals surface area (Å²) in [6.45, 7) is 0. The molecule has 2 heteroatoms. The Labute approximate surface area is 96.0 Å². The van der Waals surface area contributed by atoms with Crippen LogP contribution in [0.25, 0.3) is 0 Å². The second kappa shape index (κ2) is 3.93. The molecule has 0 amide bonds. The van der Waals surface area contributed by atoms with Crippen LogP contribution < -0.4 is 0 Å². The number of nitrogens with zero attached hydrogens (tertiary/aromatic N) is 1. The lowest BCUT2D eigenvalue weighted by Gasteiger charge is -2.27. The van der Waals surface area contributed by atoms with Gasteiger partial charge in [0, 0.05) is 11.8 Å². The van der Waals surface area contributed by atoms with Gasteiger partial charge < -0.3 is 5.21 Å². The van der Waals surface area contributed by atoms with E-state index in [0.717, 1.165) is 18.6 Å². The maximum atomic E-state index is 9.19. The van der Waals surface area contributed by atoms with Crippen LogP contribution in [-0.4, -0.2) is 10.9 Å². The Hall–Kier alpha value is -1.31. The topological polar surface area (TPSA) is 32.6 Å². The highest BCUT2D eigenvalue weighted by Gasteiger charge is 2.33. The van der Waals surface area contributed by atoms with Gasteiger partial charge in [0.1, 0.15) is 0 Å². The first-order valence-electron chi connectivity index (χ1n) is 6.17. The third-order valence-corrected chi connectivity index (χ3v) is 4.11. The lowest BCUT2D eigenvalue weighted by atomic mass is 9.78. The fourth-order valence-corrected chi connectivity index (χ4v) is 3.30. The van der Waals surface area contributed by atoms with Crippen LogP contribution in [-0.2, 0) is 12.8 Å². The lowest BCUT2D eigenvalue weighted by Crippen LogP contribution is -2.29. The molecule has 0 radical (unpaired) electrons. The monoisotopic (exact) mass is 215 g/mol. The molecule has 0 spiro atoms. The van der Waals surface area contributed by atoms with Gasteiger partial charge >= 0.3 is 0 Å². The molecule has 0 aliphatic heterocycles.